The topological polar surface area (TPSA) is 67.6 Å². The van der Waals surface area contributed by atoms with Crippen LogP contribution in [0, 0.1) is 18.3 Å². The fourth-order valence-electron chi connectivity index (χ4n) is 2.58. The summed E-state index contributed by atoms with van der Waals surface area (Å²) in [6, 6.07) is 16.0. The van der Waals surface area contributed by atoms with E-state index in [9.17, 15) is 0 Å². The highest BCUT2D eigenvalue weighted by Gasteiger charge is 2.16. The number of nitrogen functional groups attached to an aromatic ring is 1. The molecule has 4 heteroatoms. The summed E-state index contributed by atoms with van der Waals surface area (Å²) in [4.78, 5) is 4.38. The molecule has 1 heterocycles. The van der Waals surface area contributed by atoms with Gasteiger partial charge in [-0.1, -0.05) is 29.8 Å². The van der Waals surface area contributed by atoms with Crippen LogP contribution in [0.1, 0.15) is 29.7 Å². The van der Waals surface area contributed by atoms with Crippen molar-refractivity contribution in [2.24, 2.45) is 0 Å². The summed E-state index contributed by atoms with van der Waals surface area (Å²) in [5.74, 6) is 0.466. The van der Waals surface area contributed by atoms with Crippen LogP contribution in [0.3, 0.4) is 0 Å². The van der Waals surface area contributed by atoms with Crippen LogP contribution in [0.25, 0.3) is 11.0 Å². The Morgan fingerprint density at radius 1 is 1.19 bits per heavy atom. The van der Waals surface area contributed by atoms with E-state index in [1.54, 1.807) is 6.07 Å². The van der Waals surface area contributed by atoms with Crippen LogP contribution >= 0.6 is 0 Å². The zero-order chi connectivity index (χ0) is 15.0. The molecule has 0 saturated heterocycles. The highest BCUT2D eigenvalue weighted by Crippen LogP contribution is 2.28. The van der Waals surface area contributed by atoms with E-state index < -0.39 is 0 Å². The second kappa shape index (κ2) is 4.95. The number of fused-ring (bicyclic) bond motifs is 1. The first-order chi connectivity index (χ1) is 10.1. The van der Waals surface area contributed by atoms with Crippen LogP contribution in [-0.2, 0) is 0 Å². The summed E-state index contributed by atoms with van der Waals surface area (Å²) in [6.45, 7) is 4.15. The van der Waals surface area contributed by atoms with Gasteiger partial charge in [0.2, 0.25) is 5.95 Å². The summed E-state index contributed by atoms with van der Waals surface area (Å²) in [5, 5.41) is 9.07. The first kappa shape index (κ1) is 13.2. The Bertz CT molecular complexity index is 838. The first-order valence-electron chi connectivity index (χ1n) is 6.84. The molecule has 21 heavy (non-hydrogen) atoms. The molecular weight excluding hydrogens is 260 g/mol. The molecule has 0 bridgehead atoms. The van der Waals surface area contributed by atoms with E-state index in [2.05, 4.69) is 49.2 Å². The summed E-state index contributed by atoms with van der Waals surface area (Å²) in [7, 11) is 0. The number of hydrogen-bond acceptors (Lipinski definition) is 3. The second-order valence-corrected chi connectivity index (χ2v) is 5.24. The van der Waals surface area contributed by atoms with Crippen LogP contribution in [0.4, 0.5) is 5.95 Å². The number of imidazole rings is 1. The maximum absolute atomic E-state index is 9.07. The zero-order valence-corrected chi connectivity index (χ0v) is 12.0. The fraction of sp³-hybridized carbons (Fsp3) is 0.176. The van der Waals surface area contributed by atoms with Gasteiger partial charge in [-0.3, -0.25) is 0 Å². The van der Waals surface area contributed by atoms with Crippen LogP contribution in [-0.4, -0.2) is 9.55 Å². The van der Waals surface area contributed by atoms with Gasteiger partial charge in [-0.25, -0.2) is 4.98 Å². The van der Waals surface area contributed by atoms with Crippen molar-refractivity contribution in [2.75, 3.05) is 5.73 Å². The number of nitrogens with two attached hydrogens (primary N) is 1. The van der Waals surface area contributed by atoms with Gasteiger partial charge in [0.15, 0.2) is 0 Å². The van der Waals surface area contributed by atoms with Crippen molar-refractivity contribution in [3.8, 4) is 6.07 Å². The number of nitriles is 1. The molecule has 0 aliphatic rings. The van der Waals surface area contributed by atoms with Gasteiger partial charge >= 0.3 is 0 Å². The van der Waals surface area contributed by atoms with E-state index in [4.69, 9.17) is 11.0 Å². The lowest BCUT2D eigenvalue weighted by Crippen LogP contribution is -2.10. The smallest absolute Gasteiger partial charge is 0.201 e. The van der Waals surface area contributed by atoms with Crippen molar-refractivity contribution in [1.29, 1.82) is 5.26 Å². The number of benzene rings is 2. The van der Waals surface area contributed by atoms with Gasteiger partial charge in [0.05, 0.1) is 28.7 Å². The molecule has 104 valence electrons. The van der Waals surface area contributed by atoms with Crippen molar-refractivity contribution < 1.29 is 0 Å². The number of nitrogens with zero attached hydrogens (tertiary/aromatic N) is 3. The molecule has 0 fully saturated rings. The maximum Gasteiger partial charge on any atom is 0.201 e. The third-order valence-electron chi connectivity index (χ3n) is 3.79. The highest BCUT2D eigenvalue weighted by atomic mass is 15.2. The van der Waals surface area contributed by atoms with E-state index in [1.165, 1.54) is 5.56 Å². The Labute approximate surface area is 123 Å². The van der Waals surface area contributed by atoms with Crippen molar-refractivity contribution in [1.82, 2.24) is 9.55 Å². The normalized spacial score (nSPS) is 12.2. The predicted octanol–water partition coefficient (Wildman–Crippen LogP) is 3.41. The molecular formula is C17H16N4. The van der Waals surface area contributed by atoms with E-state index in [-0.39, 0.29) is 6.04 Å². The molecule has 3 rings (SSSR count). The molecule has 0 saturated carbocycles. The molecule has 0 amide bonds. The second-order valence-electron chi connectivity index (χ2n) is 5.24. The molecule has 3 aromatic rings. The summed E-state index contributed by atoms with van der Waals surface area (Å²) in [5.41, 5.74) is 10.8. The number of aryl methyl sites for hydroxylation is 1. The van der Waals surface area contributed by atoms with Gasteiger partial charge in [-0.05, 0) is 37.6 Å². The molecule has 4 nitrogen and oxygen atoms in total. The molecule has 1 aromatic heterocycles. The Morgan fingerprint density at radius 2 is 1.90 bits per heavy atom. The summed E-state index contributed by atoms with van der Waals surface area (Å²) < 4.78 is 1.97. The van der Waals surface area contributed by atoms with Gasteiger partial charge < -0.3 is 10.3 Å². The average molecular weight is 276 g/mol. The largest absolute Gasteiger partial charge is 0.369 e. The Morgan fingerprint density at radius 3 is 2.57 bits per heavy atom. The maximum atomic E-state index is 9.07. The van der Waals surface area contributed by atoms with Crippen molar-refractivity contribution in [2.45, 2.75) is 19.9 Å². The molecule has 0 spiro atoms. The predicted molar refractivity (Wildman–Crippen MR) is 83.9 cm³/mol. The number of anilines is 1. The van der Waals surface area contributed by atoms with E-state index in [0.29, 0.717) is 11.5 Å². The molecule has 1 atom stereocenters. The highest BCUT2D eigenvalue weighted by molar-refractivity contribution is 5.80. The lowest BCUT2D eigenvalue weighted by molar-refractivity contribution is 0.667. The number of rotatable bonds is 2. The Hall–Kier alpha value is -2.80. The lowest BCUT2D eigenvalue weighted by Gasteiger charge is -2.16. The first-order valence-corrected chi connectivity index (χ1v) is 6.84. The third-order valence-corrected chi connectivity index (χ3v) is 3.79. The molecule has 2 N–H and O–H groups in total. The Kier molecular flexibility index (Phi) is 3.11. The van der Waals surface area contributed by atoms with Crippen LogP contribution in [0.2, 0.25) is 0 Å². The van der Waals surface area contributed by atoms with Gasteiger partial charge in [0.25, 0.3) is 0 Å². The molecule has 0 radical (unpaired) electrons. The van der Waals surface area contributed by atoms with E-state index in [0.717, 1.165) is 16.6 Å². The minimum Gasteiger partial charge on any atom is -0.369 e. The monoisotopic (exact) mass is 276 g/mol. The van der Waals surface area contributed by atoms with Crippen molar-refractivity contribution in [3.63, 3.8) is 0 Å². The fourth-order valence-corrected chi connectivity index (χ4v) is 2.58. The van der Waals surface area contributed by atoms with Gasteiger partial charge in [0, 0.05) is 0 Å². The quantitative estimate of drug-likeness (QED) is 0.780. The van der Waals surface area contributed by atoms with Gasteiger partial charge in [-0.15, -0.1) is 0 Å². The lowest BCUT2D eigenvalue weighted by atomic mass is 10.1. The minimum atomic E-state index is 0.0598. The van der Waals surface area contributed by atoms with E-state index in [1.807, 2.05) is 16.7 Å². The number of hydrogen-bond donors (Lipinski definition) is 1. The zero-order valence-electron chi connectivity index (χ0n) is 12.0. The minimum absolute atomic E-state index is 0.0598. The average Bonchev–Trinajstić information content (AvgIpc) is 2.82. The van der Waals surface area contributed by atoms with Gasteiger partial charge in [0.1, 0.15) is 0 Å². The molecule has 1 unspecified atom stereocenters. The third kappa shape index (κ3) is 2.23. The summed E-state index contributed by atoms with van der Waals surface area (Å²) in [6.07, 6.45) is 0. The van der Waals surface area contributed by atoms with Crippen LogP contribution in [0.5, 0.6) is 0 Å². The molecule has 2 aromatic carbocycles. The molecule has 0 aliphatic heterocycles. The summed E-state index contributed by atoms with van der Waals surface area (Å²) >= 11 is 0. The standard InChI is InChI=1S/C17H16N4/c1-11-3-6-14(7-4-11)12(2)21-16-9-13(10-18)5-8-15(16)20-17(21)19/h3-9,12H,1-2H3,(H2,19,20). The van der Waals surface area contributed by atoms with E-state index >= 15 is 0 Å². The van der Waals surface area contributed by atoms with Crippen molar-refractivity contribution >= 4 is 17.0 Å². The molecule has 0 aliphatic carbocycles. The van der Waals surface area contributed by atoms with Gasteiger partial charge in [-0.2, -0.15) is 5.26 Å². The SMILES string of the molecule is Cc1ccc(C(C)n2c(N)nc3ccc(C#N)cc32)cc1. The van der Waals surface area contributed by atoms with Crippen LogP contribution < -0.4 is 5.73 Å². The number of aromatic nitrogens is 2. The Balaban J connectivity index is 2.16. The van der Waals surface area contributed by atoms with Crippen LogP contribution in [0.15, 0.2) is 42.5 Å². The van der Waals surface area contributed by atoms with Crippen molar-refractivity contribution in [3.05, 3.63) is 59.2 Å².